The summed E-state index contributed by atoms with van der Waals surface area (Å²) in [4.78, 5) is 0. The van der Waals surface area contributed by atoms with Gasteiger partial charge in [-0.25, -0.2) is 0 Å². The molecule has 118 valence electrons. The Hall–Kier alpha value is -2.48. The van der Waals surface area contributed by atoms with E-state index >= 15 is 0 Å². The summed E-state index contributed by atoms with van der Waals surface area (Å²) in [5.74, 6) is 0. The predicted octanol–water partition coefficient (Wildman–Crippen LogP) is 5.59. The van der Waals surface area contributed by atoms with Gasteiger partial charge in [-0.2, -0.15) is 0 Å². The molecule has 22 heavy (non-hydrogen) atoms. The van der Waals surface area contributed by atoms with Crippen molar-refractivity contribution in [2.24, 2.45) is 0 Å². The molecule has 0 saturated heterocycles. The summed E-state index contributed by atoms with van der Waals surface area (Å²) < 4.78 is 0. The van der Waals surface area contributed by atoms with E-state index in [0.29, 0.717) is 0 Å². The lowest BCUT2D eigenvalue weighted by atomic mass is 10.0. The van der Waals surface area contributed by atoms with Crippen molar-refractivity contribution >= 4 is 16.9 Å². The molecule has 0 atom stereocenters. The van der Waals surface area contributed by atoms with E-state index in [9.17, 15) is 0 Å². The average molecular weight is 296 g/mol. The molecule has 0 bridgehead atoms. The summed E-state index contributed by atoms with van der Waals surface area (Å²) in [7, 11) is 1.89. The highest BCUT2D eigenvalue weighted by Crippen LogP contribution is 2.26. The maximum Gasteiger partial charge on any atom is 0.0418 e. The number of nitrogen functional groups attached to an aromatic ring is 1. The molecule has 1 aromatic carbocycles. The molecule has 2 nitrogen and oxygen atoms in total. The zero-order valence-corrected chi connectivity index (χ0v) is 14.2. The zero-order valence-electron chi connectivity index (χ0n) is 14.2. The summed E-state index contributed by atoms with van der Waals surface area (Å²) in [6, 6.07) is 5.75. The fourth-order valence-electron chi connectivity index (χ4n) is 1.76. The molecule has 0 aliphatic carbocycles. The number of nitrogens with two attached hydrogens (primary N) is 1. The smallest absolute Gasteiger partial charge is 0.0418 e. The van der Waals surface area contributed by atoms with Crippen LogP contribution in [0.25, 0.3) is 5.57 Å². The SMILES string of the molecule is C=C\C=C/C(/C=C/C(=C)c1cc(N)ccc1NC)=C\C.CC. The fourth-order valence-corrected chi connectivity index (χ4v) is 1.76. The van der Waals surface area contributed by atoms with Gasteiger partial charge >= 0.3 is 0 Å². The van der Waals surface area contributed by atoms with Gasteiger partial charge in [0, 0.05) is 24.0 Å². The largest absolute Gasteiger partial charge is 0.399 e. The first-order valence-corrected chi connectivity index (χ1v) is 7.52. The summed E-state index contributed by atoms with van der Waals surface area (Å²) in [6.07, 6.45) is 11.7. The van der Waals surface area contributed by atoms with E-state index in [1.54, 1.807) is 6.08 Å². The third-order valence-electron chi connectivity index (χ3n) is 2.89. The molecule has 0 radical (unpaired) electrons. The van der Waals surface area contributed by atoms with Crippen LogP contribution in [0, 0.1) is 0 Å². The normalized spacial score (nSPS) is 11.2. The van der Waals surface area contributed by atoms with Crippen LogP contribution in [0.4, 0.5) is 11.4 Å². The van der Waals surface area contributed by atoms with Crippen molar-refractivity contribution in [3.63, 3.8) is 0 Å². The van der Waals surface area contributed by atoms with E-state index in [1.165, 1.54) is 0 Å². The Morgan fingerprint density at radius 3 is 2.41 bits per heavy atom. The summed E-state index contributed by atoms with van der Waals surface area (Å²) in [5, 5.41) is 3.15. The number of hydrogen-bond acceptors (Lipinski definition) is 2. The molecular weight excluding hydrogens is 268 g/mol. The number of hydrogen-bond donors (Lipinski definition) is 2. The molecule has 0 saturated carbocycles. The zero-order chi connectivity index (χ0) is 17.0. The fraction of sp³-hybridized carbons (Fsp3) is 0.200. The van der Waals surface area contributed by atoms with E-state index in [1.807, 2.05) is 76.4 Å². The van der Waals surface area contributed by atoms with Crippen LogP contribution < -0.4 is 11.1 Å². The van der Waals surface area contributed by atoms with Crippen molar-refractivity contribution in [1.29, 1.82) is 0 Å². The second kappa shape index (κ2) is 11.2. The van der Waals surface area contributed by atoms with Crippen LogP contribution >= 0.6 is 0 Å². The molecular formula is C20H28N2. The van der Waals surface area contributed by atoms with Gasteiger partial charge < -0.3 is 11.1 Å². The number of benzene rings is 1. The van der Waals surface area contributed by atoms with Crippen LogP contribution in [0.1, 0.15) is 26.3 Å². The van der Waals surface area contributed by atoms with Crippen molar-refractivity contribution < 1.29 is 0 Å². The van der Waals surface area contributed by atoms with E-state index in [2.05, 4.69) is 18.5 Å². The Morgan fingerprint density at radius 2 is 1.86 bits per heavy atom. The minimum Gasteiger partial charge on any atom is -0.399 e. The number of allylic oxidation sites excluding steroid dienone is 8. The topological polar surface area (TPSA) is 38.0 Å². The van der Waals surface area contributed by atoms with Gasteiger partial charge in [0.05, 0.1) is 0 Å². The van der Waals surface area contributed by atoms with Gasteiger partial charge in [-0.05, 0) is 36.3 Å². The first-order valence-electron chi connectivity index (χ1n) is 7.52. The first-order chi connectivity index (χ1) is 10.6. The quantitative estimate of drug-likeness (QED) is 0.530. The molecule has 1 rings (SSSR count). The van der Waals surface area contributed by atoms with Crippen molar-refractivity contribution in [3.8, 4) is 0 Å². The highest BCUT2D eigenvalue weighted by atomic mass is 14.8. The highest BCUT2D eigenvalue weighted by Gasteiger charge is 2.03. The average Bonchev–Trinajstić information content (AvgIpc) is 2.56. The Bertz CT molecular complexity index is 575. The molecule has 0 unspecified atom stereocenters. The molecule has 1 aromatic rings. The molecule has 0 spiro atoms. The van der Waals surface area contributed by atoms with Crippen LogP contribution in [0.2, 0.25) is 0 Å². The minimum atomic E-state index is 0.728. The van der Waals surface area contributed by atoms with Gasteiger partial charge in [-0.15, -0.1) is 0 Å². The van der Waals surface area contributed by atoms with Gasteiger partial charge in [-0.3, -0.25) is 0 Å². The highest BCUT2D eigenvalue weighted by molar-refractivity contribution is 5.82. The maximum absolute atomic E-state index is 5.84. The monoisotopic (exact) mass is 296 g/mol. The molecule has 0 fully saturated rings. The van der Waals surface area contributed by atoms with Crippen LogP contribution in [0.15, 0.2) is 73.4 Å². The van der Waals surface area contributed by atoms with Gasteiger partial charge in [0.2, 0.25) is 0 Å². The van der Waals surface area contributed by atoms with Crippen molar-refractivity contribution in [3.05, 3.63) is 78.9 Å². The van der Waals surface area contributed by atoms with Gasteiger partial charge in [-0.1, -0.05) is 63.5 Å². The Balaban J connectivity index is 0.00000211. The molecule has 0 aromatic heterocycles. The van der Waals surface area contributed by atoms with E-state index in [4.69, 9.17) is 5.73 Å². The Morgan fingerprint density at radius 1 is 1.18 bits per heavy atom. The first kappa shape index (κ1) is 19.5. The van der Waals surface area contributed by atoms with Gasteiger partial charge in [0.15, 0.2) is 0 Å². The third kappa shape index (κ3) is 6.31. The van der Waals surface area contributed by atoms with Crippen molar-refractivity contribution in [1.82, 2.24) is 0 Å². The third-order valence-corrected chi connectivity index (χ3v) is 2.89. The van der Waals surface area contributed by atoms with Crippen molar-refractivity contribution in [2.45, 2.75) is 20.8 Å². The standard InChI is InChI=1S/C18H22N2.C2H6/c1-5-7-8-15(6-2)10-9-14(3)17-13-16(19)11-12-18(17)20-4;1-2/h5-13,20H,1,3,19H2,2,4H3;1-2H3/b8-7-,10-9+,15-6+;. The number of nitrogens with one attached hydrogen (secondary N) is 1. The maximum atomic E-state index is 5.84. The van der Waals surface area contributed by atoms with E-state index < -0.39 is 0 Å². The molecule has 0 heterocycles. The Kier molecular flexibility index (Phi) is 9.95. The molecule has 2 heteroatoms. The lowest BCUT2D eigenvalue weighted by Gasteiger charge is -2.10. The minimum absolute atomic E-state index is 0.728. The van der Waals surface area contributed by atoms with Crippen LogP contribution in [-0.4, -0.2) is 7.05 Å². The van der Waals surface area contributed by atoms with Crippen LogP contribution in [0.3, 0.4) is 0 Å². The summed E-state index contributed by atoms with van der Waals surface area (Å²) >= 11 is 0. The lowest BCUT2D eigenvalue weighted by Crippen LogP contribution is -1.95. The molecule has 0 amide bonds. The van der Waals surface area contributed by atoms with Gasteiger partial charge in [0.25, 0.3) is 0 Å². The number of rotatable bonds is 6. The van der Waals surface area contributed by atoms with Crippen LogP contribution in [0.5, 0.6) is 0 Å². The molecule has 0 aliphatic rings. The predicted molar refractivity (Wildman–Crippen MR) is 103 cm³/mol. The number of anilines is 2. The lowest BCUT2D eigenvalue weighted by molar-refractivity contribution is 1.48. The molecule has 0 aliphatic heterocycles. The Labute approximate surface area is 135 Å². The van der Waals surface area contributed by atoms with Crippen molar-refractivity contribution in [2.75, 3.05) is 18.1 Å². The van der Waals surface area contributed by atoms with Crippen LogP contribution in [-0.2, 0) is 0 Å². The molecule has 3 N–H and O–H groups in total. The van der Waals surface area contributed by atoms with E-state index in [-0.39, 0.29) is 0 Å². The summed E-state index contributed by atoms with van der Waals surface area (Å²) in [5.41, 5.74) is 10.6. The second-order valence-corrected chi connectivity index (χ2v) is 4.30. The summed E-state index contributed by atoms with van der Waals surface area (Å²) in [6.45, 7) is 13.8. The van der Waals surface area contributed by atoms with Gasteiger partial charge in [0.1, 0.15) is 0 Å². The van der Waals surface area contributed by atoms with E-state index in [0.717, 1.165) is 28.1 Å². The second-order valence-electron chi connectivity index (χ2n) is 4.30.